The van der Waals surface area contributed by atoms with E-state index in [1.807, 2.05) is 17.7 Å². The summed E-state index contributed by atoms with van der Waals surface area (Å²) in [5.74, 6) is -0.135. The molecule has 0 aromatic carbocycles. The summed E-state index contributed by atoms with van der Waals surface area (Å²) < 4.78 is 6.85. The lowest BCUT2D eigenvalue weighted by Gasteiger charge is -2.05. The lowest BCUT2D eigenvalue weighted by atomic mass is 10.4. The van der Waals surface area contributed by atoms with Gasteiger partial charge in [0, 0.05) is 25.5 Å². The minimum atomic E-state index is -0.135. The van der Waals surface area contributed by atoms with Gasteiger partial charge in [-0.1, -0.05) is 0 Å². The van der Waals surface area contributed by atoms with Crippen molar-refractivity contribution in [3.63, 3.8) is 0 Å². The van der Waals surface area contributed by atoms with E-state index in [4.69, 9.17) is 4.74 Å². The number of carbonyl (C=O) groups excluding carboxylic acids is 1. The van der Waals surface area contributed by atoms with Crippen molar-refractivity contribution in [3.8, 4) is 0 Å². The normalized spacial score (nSPS) is 10.3. The second kappa shape index (κ2) is 7.87. The average molecular weight is 225 g/mol. The molecule has 1 rings (SSSR count). The third kappa shape index (κ3) is 5.50. The van der Waals surface area contributed by atoms with Crippen LogP contribution in [0.1, 0.15) is 19.8 Å². The highest BCUT2D eigenvalue weighted by Gasteiger charge is 1.99. The summed E-state index contributed by atoms with van der Waals surface area (Å²) in [6, 6.07) is 0. The molecule has 0 bridgehead atoms. The Bertz CT molecular complexity index is 285. The van der Waals surface area contributed by atoms with Crippen molar-refractivity contribution < 1.29 is 9.53 Å². The Morgan fingerprint density at radius 2 is 2.38 bits per heavy atom. The van der Waals surface area contributed by atoms with Crippen LogP contribution in [0.25, 0.3) is 0 Å². The monoisotopic (exact) mass is 225 g/mol. The number of imidazole rings is 1. The molecule has 0 atom stereocenters. The fourth-order valence-corrected chi connectivity index (χ4v) is 1.35. The third-order valence-corrected chi connectivity index (χ3v) is 2.14. The molecule has 16 heavy (non-hydrogen) atoms. The first-order chi connectivity index (χ1) is 7.83. The molecule has 0 saturated carbocycles. The van der Waals surface area contributed by atoms with Gasteiger partial charge in [-0.25, -0.2) is 4.98 Å². The molecule has 0 amide bonds. The first-order valence-corrected chi connectivity index (χ1v) is 5.65. The quantitative estimate of drug-likeness (QED) is 0.525. The summed E-state index contributed by atoms with van der Waals surface area (Å²) in [5.41, 5.74) is 0. The van der Waals surface area contributed by atoms with Crippen LogP contribution < -0.4 is 5.32 Å². The van der Waals surface area contributed by atoms with Gasteiger partial charge in [0.2, 0.25) is 0 Å². The van der Waals surface area contributed by atoms with Crippen molar-refractivity contribution >= 4 is 5.97 Å². The molecule has 0 radical (unpaired) electrons. The highest BCUT2D eigenvalue weighted by atomic mass is 16.5. The summed E-state index contributed by atoms with van der Waals surface area (Å²) in [6.45, 7) is 4.81. The van der Waals surface area contributed by atoms with Gasteiger partial charge in [-0.15, -0.1) is 0 Å². The van der Waals surface area contributed by atoms with Crippen LogP contribution in [-0.4, -0.2) is 35.2 Å². The van der Waals surface area contributed by atoms with Crippen LogP contribution in [-0.2, 0) is 16.1 Å². The van der Waals surface area contributed by atoms with Gasteiger partial charge in [0.05, 0.1) is 19.4 Å². The Morgan fingerprint density at radius 1 is 1.50 bits per heavy atom. The number of nitrogens with zero attached hydrogens (tertiary/aromatic N) is 2. The number of ether oxygens (including phenoxy) is 1. The minimum Gasteiger partial charge on any atom is -0.466 e. The van der Waals surface area contributed by atoms with Crippen molar-refractivity contribution in [2.75, 3.05) is 19.7 Å². The summed E-state index contributed by atoms with van der Waals surface area (Å²) >= 11 is 0. The van der Waals surface area contributed by atoms with Gasteiger partial charge in [0.1, 0.15) is 0 Å². The SMILES string of the molecule is CCOC(=O)CCNCCCn1ccnc1. The predicted octanol–water partition coefficient (Wildman–Crippen LogP) is 0.816. The van der Waals surface area contributed by atoms with E-state index in [2.05, 4.69) is 10.3 Å². The Balaban J connectivity index is 1.90. The van der Waals surface area contributed by atoms with E-state index in [0.717, 1.165) is 19.5 Å². The predicted molar refractivity (Wildman–Crippen MR) is 61.0 cm³/mol. The van der Waals surface area contributed by atoms with E-state index in [-0.39, 0.29) is 5.97 Å². The maximum Gasteiger partial charge on any atom is 0.307 e. The molecular weight excluding hydrogens is 206 g/mol. The number of hydrogen-bond donors (Lipinski definition) is 1. The molecule has 1 aromatic rings. The van der Waals surface area contributed by atoms with Gasteiger partial charge in [0.15, 0.2) is 0 Å². The first kappa shape index (κ1) is 12.7. The zero-order valence-corrected chi connectivity index (χ0v) is 9.69. The number of esters is 1. The summed E-state index contributed by atoms with van der Waals surface area (Å²) in [7, 11) is 0. The molecule has 1 N–H and O–H groups in total. The fourth-order valence-electron chi connectivity index (χ4n) is 1.35. The van der Waals surface area contributed by atoms with Crippen LogP contribution in [0.2, 0.25) is 0 Å². The van der Waals surface area contributed by atoms with Gasteiger partial charge in [-0.05, 0) is 19.9 Å². The number of nitrogens with one attached hydrogen (secondary N) is 1. The molecule has 5 nitrogen and oxygen atoms in total. The van der Waals surface area contributed by atoms with E-state index < -0.39 is 0 Å². The number of aryl methyl sites for hydroxylation is 1. The molecular formula is C11H19N3O2. The Labute approximate surface area is 95.8 Å². The van der Waals surface area contributed by atoms with Crippen LogP contribution in [0, 0.1) is 0 Å². The molecule has 0 spiro atoms. The maximum absolute atomic E-state index is 11.0. The topological polar surface area (TPSA) is 56.1 Å². The minimum absolute atomic E-state index is 0.135. The molecule has 0 aliphatic heterocycles. The van der Waals surface area contributed by atoms with Gasteiger partial charge < -0.3 is 14.6 Å². The van der Waals surface area contributed by atoms with Crippen LogP contribution in [0.15, 0.2) is 18.7 Å². The largest absolute Gasteiger partial charge is 0.466 e. The number of aromatic nitrogens is 2. The van der Waals surface area contributed by atoms with Crippen LogP contribution in [0.4, 0.5) is 0 Å². The van der Waals surface area contributed by atoms with E-state index >= 15 is 0 Å². The molecule has 1 heterocycles. The highest BCUT2D eigenvalue weighted by Crippen LogP contribution is 1.89. The molecule has 90 valence electrons. The van der Waals surface area contributed by atoms with E-state index in [1.54, 1.807) is 12.5 Å². The Kier molecular flexibility index (Phi) is 6.25. The third-order valence-electron chi connectivity index (χ3n) is 2.14. The van der Waals surface area contributed by atoms with Gasteiger partial charge >= 0.3 is 5.97 Å². The zero-order chi connectivity index (χ0) is 11.6. The highest BCUT2D eigenvalue weighted by molar-refractivity contribution is 5.69. The molecule has 0 unspecified atom stereocenters. The van der Waals surface area contributed by atoms with Crippen LogP contribution in [0.3, 0.4) is 0 Å². The summed E-state index contributed by atoms with van der Waals surface area (Å²) in [5, 5.41) is 3.20. The zero-order valence-electron chi connectivity index (χ0n) is 9.69. The molecule has 0 fully saturated rings. The Hall–Kier alpha value is -1.36. The molecule has 0 saturated heterocycles. The number of rotatable bonds is 8. The first-order valence-electron chi connectivity index (χ1n) is 5.65. The van der Waals surface area contributed by atoms with E-state index in [1.165, 1.54) is 0 Å². The standard InChI is InChI=1S/C11H19N3O2/c1-2-16-11(15)4-6-12-5-3-8-14-9-7-13-10-14/h7,9-10,12H,2-6,8H2,1H3. The second-order valence-electron chi connectivity index (χ2n) is 3.46. The van der Waals surface area contributed by atoms with E-state index in [0.29, 0.717) is 19.6 Å². The summed E-state index contributed by atoms with van der Waals surface area (Å²) in [6.07, 6.45) is 6.99. The van der Waals surface area contributed by atoms with Crippen molar-refractivity contribution in [2.45, 2.75) is 26.3 Å². The molecule has 1 aromatic heterocycles. The number of hydrogen-bond acceptors (Lipinski definition) is 4. The molecule has 5 heteroatoms. The van der Waals surface area contributed by atoms with Crippen molar-refractivity contribution in [1.82, 2.24) is 14.9 Å². The van der Waals surface area contributed by atoms with Crippen molar-refractivity contribution in [1.29, 1.82) is 0 Å². The molecule has 0 aliphatic carbocycles. The van der Waals surface area contributed by atoms with Crippen molar-refractivity contribution in [2.24, 2.45) is 0 Å². The van der Waals surface area contributed by atoms with Gasteiger partial charge in [0.25, 0.3) is 0 Å². The van der Waals surface area contributed by atoms with Crippen LogP contribution in [0.5, 0.6) is 0 Å². The van der Waals surface area contributed by atoms with E-state index in [9.17, 15) is 4.79 Å². The van der Waals surface area contributed by atoms with Crippen molar-refractivity contribution in [3.05, 3.63) is 18.7 Å². The maximum atomic E-state index is 11.0. The van der Waals surface area contributed by atoms with Crippen LogP contribution >= 0.6 is 0 Å². The fraction of sp³-hybridized carbons (Fsp3) is 0.636. The number of carbonyl (C=O) groups is 1. The van der Waals surface area contributed by atoms with Gasteiger partial charge in [-0.3, -0.25) is 4.79 Å². The lowest BCUT2D eigenvalue weighted by molar-refractivity contribution is -0.142. The Morgan fingerprint density at radius 3 is 3.06 bits per heavy atom. The summed E-state index contributed by atoms with van der Waals surface area (Å²) in [4.78, 5) is 15.0. The molecule has 0 aliphatic rings. The average Bonchev–Trinajstić information content (AvgIpc) is 2.76. The smallest absolute Gasteiger partial charge is 0.307 e. The van der Waals surface area contributed by atoms with Gasteiger partial charge in [-0.2, -0.15) is 0 Å². The second-order valence-corrected chi connectivity index (χ2v) is 3.46. The lowest BCUT2D eigenvalue weighted by Crippen LogP contribution is -2.21.